The average Bonchev–Trinajstić information content (AvgIpc) is 3.21. The first-order valence-corrected chi connectivity index (χ1v) is 9.46. The van der Waals surface area contributed by atoms with E-state index in [0.29, 0.717) is 18.1 Å². The van der Waals surface area contributed by atoms with Crippen molar-refractivity contribution < 1.29 is 28.7 Å². The van der Waals surface area contributed by atoms with E-state index in [1.54, 1.807) is 19.2 Å². The number of quaternary nitrogens is 1. The molecule has 0 saturated heterocycles. The molecular formula is C23H23FNO4+. The summed E-state index contributed by atoms with van der Waals surface area (Å²) in [5.41, 5.74) is 3.09. The standard InChI is InChI=1S/C23H22FNO4/c1-26-21-4-2-3-18(23(21)27-14-16-5-8-19(24)9-6-16)13-25-12-17-7-10-20-22(11-17)29-15-28-20/h2-11,25H,12-15H2,1H3/p+1. The van der Waals surface area contributed by atoms with Crippen LogP contribution in [0.3, 0.4) is 0 Å². The van der Waals surface area contributed by atoms with Crippen molar-refractivity contribution in [2.45, 2.75) is 19.7 Å². The van der Waals surface area contributed by atoms with Gasteiger partial charge in [0.1, 0.15) is 25.5 Å². The van der Waals surface area contributed by atoms with Gasteiger partial charge in [0.05, 0.1) is 12.7 Å². The van der Waals surface area contributed by atoms with Crippen molar-refractivity contribution in [2.24, 2.45) is 0 Å². The number of fused-ring (bicyclic) bond motifs is 1. The fourth-order valence-electron chi connectivity index (χ4n) is 3.24. The van der Waals surface area contributed by atoms with Gasteiger partial charge in [-0.05, 0) is 48.0 Å². The Morgan fingerprint density at radius 2 is 1.72 bits per heavy atom. The van der Waals surface area contributed by atoms with Crippen molar-refractivity contribution in [3.63, 3.8) is 0 Å². The van der Waals surface area contributed by atoms with E-state index >= 15 is 0 Å². The highest BCUT2D eigenvalue weighted by Gasteiger charge is 2.15. The molecule has 0 bridgehead atoms. The van der Waals surface area contributed by atoms with Gasteiger partial charge in [0.25, 0.3) is 0 Å². The highest BCUT2D eigenvalue weighted by molar-refractivity contribution is 5.46. The maximum atomic E-state index is 13.1. The molecule has 6 heteroatoms. The largest absolute Gasteiger partial charge is 0.493 e. The number of hydrogen-bond acceptors (Lipinski definition) is 4. The number of halogens is 1. The Labute approximate surface area is 169 Å². The van der Waals surface area contributed by atoms with Crippen LogP contribution in [-0.2, 0) is 19.7 Å². The van der Waals surface area contributed by atoms with Crippen LogP contribution in [0.2, 0.25) is 0 Å². The Bertz CT molecular complexity index is 975. The predicted octanol–water partition coefficient (Wildman–Crippen LogP) is 3.41. The van der Waals surface area contributed by atoms with Crippen LogP contribution in [0.5, 0.6) is 23.0 Å². The molecule has 1 aliphatic heterocycles. The summed E-state index contributed by atoms with van der Waals surface area (Å²) in [5, 5.41) is 2.19. The minimum absolute atomic E-state index is 0.259. The van der Waals surface area contributed by atoms with Gasteiger partial charge in [0.15, 0.2) is 23.0 Å². The Kier molecular flexibility index (Phi) is 5.81. The normalized spacial score (nSPS) is 12.1. The van der Waals surface area contributed by atoms with Crippen LogP contribution in [0.15, 0.2) is 60.7 Å². The Balaban J connectivity index is 1.41. The molecule has 1 heterocycles. The molecular weight excluding hydrogens is 373 g/mol. The number of ether oxygens (including phenoxy) is 4. The number of para-hydroxylation sites is 1. The highest BCUT2D eigenvalue weighted by atomic mass is 19.1. The second kappa shape index (κ2) is 8.84. The zero-order valence-corrected chi connectivity index (χ0v) is 16.2. The molecule has 4 rings (SSSR count). The number of rotatable bonds is 8. The summed E-state index contributed by atoms with van der Waals surface area (Å²) in [6, 6.07) is 18.1. The molecule has 150 valence electrons. The third-order valence-electron chi connectivity index (χ3n) is 4.76. The molecule has 0 aliphatic carbocycles. The van der Waals surface area contributed by atoms with Crippen molar-refractivity contribution in [3.05, 3.63) is 83.2 Å². The van der Waals surface area contributed by atoms with E-state index in [2.05, 4.69) is 5.32 Å². The van der Waals surface area contributed by atoms with E-state index in [1.165, 1.54) is 12.1 Å². The van der Waals surface area contributed by atoms with Gasteiger partial charge in [-0.25, -0.2) is 4.39 Å². The first-order valence-electron chi connectivity index (χ1n) is 9.46. The minimum atomic E-state index is -0.259. The van der Waals surface area contributed by atoms with E-state index in [0.717, 1.165) is 41.3 Å². The van der Waals surface area contributed by atoms with Gasteiger partial charge in [-0.2, -0.15) is 0 Å². The summed E-state index contributed by atoms with van der Waals surface area (Å²) >= 11 is 0. The van der Waals surface area contributed by atoms with Gasteiger partial charge in [0, 0.05) is 5.56 Å². The lowest BCUT2D eigenvalue weighted by atomic mass is 10.1. The van der Waals surface area contributed by atoms with Crippen LogP contribution >= 0.6 is 0 Å². The molecule has 29 heavy (non-hydrogen) atoms. The lowest BCUT2D eigenvalue weighted by Gasteiger charge is -2.15. The molecule has 0 fully saturated rings. The first-order chi connectivity index (χ1) is 14.2. The topological polar surface area (TPSA) is 53.5 Å². The zero-order valence-electron chi connectivity index (χ0n) is 16.2. The quantitative estimate of drug-likeness (QED) is 0.634. The van der Waals surface area contributed by atoms with Gasteiger partial charge < -0.3 is 24.3 Å². The summed E-state index contributed by atoms with van der Waals surface area (Å²) in [6.07, 6.45) is 0. The fourth-order valence-corrected chi connectivity index (χ4v) is 3.24. The molecule has 3 aromatic carbocycles. The Hall–Kier alpha value is -3.25. The van der Waals surface area contributed by atoms with E-state index in [4.69, 9.17) is 18.9 Å². The van der Waals surface area contributed by atoms with Gasteiger partial charge >= 0.3 is 0 Å². The number of nitrogens with two attached hydrogens (primary N) is 1. The van der Waals surface area contributed by atoms with E-state index in [1.807, 2.05) is 36.4 Å². The van der Waals surface area contributed by atoms with Crippen molar-refractivity contribution in [1.29, 1.82) is 0 Å². The number of benzene rings is 3. The van der Waals surface area contributed by atoms with Crippen LogP contribution in [0.1, 0.15) is 16.7 Å². The van der Waals surface area contributed by atoms with Gasteiger partial charge in [-0.15, -0.1) is 0 Å². The lowest BCUT2D eigenvalue weighted by Crippen LogP contribution is -2.80. The second-order valence-electron chi connectivity index (χ2n) is 6.75. The molecule has 3 aromatic rings. The van der Waals surface area contributed by atoms with E-state index < -0.39 is 0 Å². The molecule has 0 spiro atoms. The predicted molar refractivity (Wildman–Crippen MR) is 106 cm³/mol. The first kappa shape index (κ1) is 19.1. The highest BCUT2D eigenvalue weighted by Crippen LogP contribution is 2.33. The van der Waals surface area contributed by atoms with Crippen molar-refractivity contribution in [3.8, 4) is 23.0 Å². The summed E-state index contributed by atoms with van der Waals surface area (Å²) < 4.78 is 35.4. The Morgan fingerprint density at radius 1 is 0.931 bits per heavy atom. The molecule has 0 amide bonds. The molecule has 5 nitrogen and oxygen atoms in total. The van der Waals surface area contributed by atoms with Crippen LogP contribution in [0.25, 0.3) is 0 Å². The number of hydrogen-bond donors (Lipinski definition) is 1. The second-order valence-corrected chi connectivity index (χ2v) is 6.75. The summed E-state index contributed by atoms with van der Waals surface area (Å²) in [7, 11) is 1.63. The van der Waals surface area contributed by atoms with Gasteiger partial charge in [-0.1, -0.05) is 18.2 Å². The summed E-state index contributed by atoms with van der Waals surface area (Å²) in [4.78, 5) is 0. The van der Waals surface area contributed by atoms with E-state index in [-0.39, 0.29) is 12.6 Å². The summed E-state index contributed by atoms with van der Waals surface area (Å²) in [6.45, 7) is 2.15. The van der Waals surface area contributed by atoms with Crippen LogP contribution in [0.4, 0.5) is 4.39 Å². The SMILES string of the molecule is COc1cccc(C[NH2+]Cc2ccc3c(c2)OCO3)c1OCc1ccc(F)cc1. The third kappa shape index (κ3) is 4.60. The fraction of sp³-hybridized carbons (Fsp3) is 0.217. The maximum Gasteiger partial charge on any atom is 0.231 e. The molecule has 0 unspecified atom stereocenters. The van der Waals surface area contributed by atoms with Crippen molar-refractivity contribution in [2.75, 3.05) is 13.9 Å². The van der Waals surface area contributed by atoms with Crippen molar-refractivity contribution in [1.82, 2.24) is 0 Å². The Morgan fingerprint density at radius 3 is 2.55 bits per heavy atom. The molecule has 2 N–H and O–H groups in total. The van der Waals surface area contributed by atoms with Crippen LogP contribution < -0.4 is 24.3 Å². The van der Waals surface area contributed by atoms with Gasteiger partial charge in [-0.3, -0.25) is 0 Å². The smallest absolute Gasteiger partial charge is 0.231 e. The van der Waals surface area contributed by atoms with Crippen LogP contribution in [-0.4, -0.2) is 13.9 Å². The average molecular weight is 396 g/mol. The molecule has 0 radical (unpaired) electrons. The van der Waals surface area contributed by atoms with Gasteiger partial charge in [0.2, 0.25) is 6.79 Å². The van der Waals surface area contributed by atoms with E-state index in [9.17, 15) is 4.39 Å². The molecule has 0 aromatic heterocycles. The molecule has 1 aliphatic rings. The monoisotopic (exact) mass is 396 g/mol. The third-order valence-corrected chi connectivity index (χ3v) is 4.76. The molecule has 0 saturated carbocycles. The lowest BCUT2D eigenvalue weighted by molar-refractivity contribution is -0.686. The van der Waals surface area contributed by atoms with Crippen LogP contribution in [0, 0.1) is 5.82 Å². The van der Waals surface area contributed by atoms with Crippen molar-refractivity contribution >= 4 is 0 Å². The molecule has 0 atom stereocenters. The number of methoxy groups -OCH3 is 1. The maximum absolute atomic E-state index is 13.1. The minimum Gasteiger partial charge on any atom is -0.493 e. The zero-order chi connectivity index (χ0) is 20.1. The summed E-state index contributed by atoms with van der Waals surface area (Å²) in [5.74, 6) is 2.71.